The van der Waals surface area contributed by atoms with Crippen molar-refractivity contribution in [3.8, 4) is 11.3 Å². The number of halogens is 2. The lowest BCUT2D eigenvalue weighted by atomic mass is 9.74. The van der Waals surface area contributed by atoms with E-state index in [1.165, 1.54) is 24.8 Å². The van der Waals surface area contributed by atoms with E-state index in [0.717, 1.165) is 23.9 Å². The molecule has 3 aromatic heterocycles. The fourth-order valence-electron chi connectivity index (χ4n) is 5.69. The second kappa shape index (κ2) is 10.6. The van der Waals surface area contributed by atoms with Crippen LogP contribution in [-0.2, 0) is 22.5 Å². The van der Waals surface area contributed by atoms with Crippen LogP contribution in [0.15, 0.2) is 48.9 Å². The van der Waals surface area contributed by atoms with Gasteiger partial charge in [0.05, 0.1) is 35.7 Å². The molecule has 0 spiro atoms. The maximum atomic E-state index is 14.9. The molecular formula is C28H31F2N5O2. The molecule has 0 unspecified atom stereocenters. The van der Waals surface area contributed by atoms with Crippen LogP contribution in [0.2, 0.25) is 0 Å². The van der Waals surface area contributed by atoms with Crippen LogP contribution >= 0.6 is 0 Å². The molecule has 1 aromatic carbocycles. The van der Waals surface area contributed by atoms with E-state index < -0.39 is 11.6 Å². The third kappa shape index (κ3) is 4.99. The summed E-state index contributed by atoms with van der Waals surface area (Å²) in [5.41, 5.74) is 9.84. The van der Waals surface area contributed by atoms with Crippen molar-refractivity contribution < 1.29 is 18.3 Å². The summed E-state index contributed by atoms with van der Waals surface area (Å²) in [6, 6.07) is 7.91. The average Bonchev–Trinajstić information content (AvgIpc) is 3.26. The van der Waals surface area contributed by atoms with E-state index in [0.29, 0.717) is 23.7 Å². The Balaban J connectivity index is 1.48. The summed E-state index contributed by atoms with van der Waals surface area (Å²) >= 11 is 0. The van der Waals surface area contributed by atoms with Crippen LogP contribution in [0.4, 0.5) is 8.78 Å². The molecule has 1 aliphatic rings. The zero-order valence-electron chi connectivity index (χ0n) is 21.2. The predicted molar refractivity (Wildman–Crippen MR) is 136 cm³/mol. The third-order valence-electron chi connectivity index (χ3n) is 7.32. The minimum Gasteiger partial charge on any atom is -0.380 e. The van der Waals surface area contributed by atoms with Gasteiger partial charge in [0.2, 0.25) is 0 Å². The quantitative estimate of drug-likeness (QED) is 0.391. The molecule has 0 radical (unpaired) electrons. The Morgan fingerprint density at radius 3 is 2.57 bits per heavy atom. The number of imidazole rings is 1. The van der Waals surface area contributed by atoms with E-state index in [2.05, 4.69) is 22.0 Å². The molecule has 9 heteroatoms. The maximum absolute atomic E-state index is 14.9. The molecule has 3 heterocycles. The molecule has 0 saturated heterocycles. The first-order chi connectivity index (χ1) is 17.9. The molecule has 7 nitrogen and oxygen atoms in total. The van der Waals surface area contributed by atoms with Gasteiger partial charge in [-0.05, 0) is 71.7 Å². The van der Waals surface area contributed by atoms with Crippen molar-refractivity contribution in [1.82, 2.24) is 19.6 Å². The van der Waals surface area contributed by atoms with Gasteiger partial charge in [-0.3, -0.25) is 4.98 Å². The Kier molecular flexibility index (Phi) is 7.28. The summed E-state index contributed by atoms with van der Waals surface area (Å²) in [6.45, 7) is 2.30. The molecule has 1 fully saturated rings. The molecule has 1 aliphatic carbocycles. The SMILES string of the molecule is COCc1cc(F)c(-c2ccc3cnc(Cc4cnccc4[C@H]4C[C@@H](N)[C@@H](OC)[C@@H](C)C4)n3n2)c(F)c1. The van der Waals surface area contributed by atoms with Crippen LogP contribution < -0.4 is 5.73 Å². The standard InChI is InChI=1S/C28H31F2N5O2/c1-16-8-18(11-24(31)28(16)37-3)21-6-7-32-13-19(21)12-26-33-14-20-4-5-25(34-35(20)26)27-22(29)9-17(15-36-2)10-23(27)30/h4-7,9-10,13-14,16,18,24,28H,8,11-12,15,31H2,1-3H3/t16-,18+,24+,28-/m0/s1. The summed E-state index contributed by atoms with van der Waals surface area (Å²) in [5.74, 6) is -0.112. The van der Waals surface area contributed by atoms with Crippen molar-refractivity contribution in [3.05, 3.63) is 83.1 Å². The summed E-state index contributed by atoms with van der Waals surface area (Å²) < 4.78 is 42.0. The Morgan fingerprint density at radius 2 is 1.86 bits per heavy atom. The first-order valence-corrected chi connectivity index (χ1v) is 12.4. The molecule has 194 valence electrons. The van der Waals surface area contributed by atoms with Gasteiger partial charge in [-0.15, -0.1) is 0 Å². The van der Waals surface area contributed by atoms with Crippen molar-refractivity contribution in [3.63, 3.8) is 0 Å². The zero-order chi connectivity index (χ0) is 26.1. The number of hydrogen-bond acceptors (Lipinski definition) is 6. The molecule has 4 atom stereocenters. The van der Waals surface area contributed by atoms with E-state index in [1.54, 1.807) is 36.2 Å². The van der Waals surface area contributed by atoms with Gasteiger partial charge >= 0.3 is 0 Å². The van der Waals surface area contributed by atoms with E-state index >= 15 is 0 Å². The molecule has 0 aliphatic heterocycles. The minimum absolute atomic E-state index is 0.0451. The lowest BCUT2D eigenvalue weighted by Gasteiger charge is -2.38. The van der Waals surface area contributed by atoms with Gasteiger partial charge in [0.25, 0.3) is 0 Å². The Morgan fingerprint density at radius 1 is 1.08 bits per heavy atom. The van der Waals surface area contributed by atoms with Crippen LogP contribution in [0, 0.1) is 17.6 Å². The van der Waals surface area contributed by atoms with Crippen LogP contribution in [-0.4, -0.2) is 45.9 Å². The molecule has 5 rings (SSSR count). The number of aromatic nitrogens is 4. The number of nitrogens with zero attached hydrogens (tertiary/aromatic N) is 4. The first kappa shape index (κ1) is 25.4. The number of fused-ring (bicyclic) bond motifs is 1. The Bertz CT molecular complexity index is 1370. The lowest BCUT2D eigenvalue weighted by molar-refractivity contribution is 0.00970. The van der Waals surface area contributed by atoms with Crippen molar-refractivity contribution in [2.45, 2.75) is 50.9 Å². The molecular weight excluding hydrogens is 476 g/mol. The maximum Gasteiger partial charge on any atom is 0.135 e. The molecule has 2 N–H and O–H groups in total. The largest absolute Gasteiger partial charge is 0.380 e. The highest BCUT2D eigenvalue weighted by Crippen LogP contribution is 2.38. The van der Waals surface area contributed by atoms with Crippen LogP contribution in [0.1, 0.15) is 48.2 Å². The topological polar surface area (TPSA) is 87.6 Å². The number of benzene rings is 1. The number of hydrogen-bond donors (Lipinski definition) is 1. The molecule has 0 amide bonds. The van der Waals surface area contributed by atoms with Gasteiger partial charge < -0.3 is 15.2 Å². The molecule has 0 bridgehead atoms. The van der Waals surface area contributed by atoms with Crippen molar-refractivity contribution >= 4 is 5.52 Å². The van der Waals surface area contributed by atoms with Crippen molar-refractivity contribution in [2.75, 3.05) is 14.2 Å². The number of ether oxygens (including phenoxy) is 2. The van der Waals surface area contributed by atoms with Crippen LogP contribution in [0.5, 0.6) is 0 Å². The summed E-state index contributed by atoms with van der Waals surface area (Å²) in [6.07, 6.45) is 7.67. The average molecular weight is 508 g/mol. The summed E-state index contributed by atoms with van der Waals surface area (Å²) in [4.78, 5) is 8.93. The van der Waals surface area contributed by atoms with E-state index in [-0.39, 0.29) is 35.9 Å². The van der Waals surface area contributed by atoms with Crippen molar-refractivity contribution in [2.24, 2.45) is 11.7 Å². The van der Waals surface area contributed by atoms with Gasteiger partial charge in [-0.2, -0.15) is 5.10 Å². The number of rotatable bonds is 7. The minimum atomic E-state index is -0.688. The summed E-state index contributed by atoms with van der Waals surface area (Å²) in [5, 5.41) is 4.57. The highest BCUT2D eigenvalue weighted by atomic mass is 19.1. The number of pyridine rings is 1. The second-order valence-electron chi connectivity index (χ2n) is 9.86. The smallest absolute Gasteiger partial charge is 0.135 e. The number of nitrogens with two attached hydrogens (primary N) is 1. The summed E-state index contributed by atoms with van der Waals surface area (Å²) in [7, 11) is 3.20. The zero-order valence-corrected chi connectivity index (χ0v) is 21.2. The second-order valence-corrected chi connectivity index (χ2v) is 9.86. The van der Waals surface area contributed by atoms with Crippen LogP contribution in [0.3, 0.4) is 0 Å². The monoisotopic (exact) mass is 507 g/mol. The number of methoxy groups -OCH3 is 2. The molecule has 37 heavy (non-hydrogen) atoms. The normalized spacial score (nSPS) is 22.0. The fourth-order valence-corrected chi connectivity index (χ4v) is 5.69. The van der Waals surface area contributed by atoms with Gasteiger partial charge in [-0.1, -0.05) is 6.92 Å². The third-order valence-corrected chi connectivity index (χ3v) is 7.32. The van der Waals surface area contributed by atoms with Gasteiger partial charge in [0.15, 0.2) is 0 Å². The molecule has 1 saturated carbocycles. The highest BCUT2D eigenvalue weighted by Gasteiger charge is 2.35. The fraction of sp³-hybridized carbons (Fsp3) is 0.393. The Labute approximate surface area is 214 Å². The highest BCUT2D eigenvalue weighted by molar-refractivity contribution is 5.63. The van der Waals surface area contributed by atoms with Crippen molar-refractivity contribution in [1.29, 1.82) is 0 Å². The van der Waals surface area contributed by atoms with E-state index in [4.69, 9.17) is 15.2 Å². The van der Waals surface area contributed by atoms with Gasteiger partial charge in [-0.25, -0.2) is 18.3 Å². The Hall–Kier alpha value is -3.27. The van der Waals surface area contributed by atoms with E-state index in [9.17, 15) is 8.78 Å². The van der Waals surface area contributed by atoms with E-state index in [1.807, 2.05) is 12.3 Å². The van der Waals surface area contributed by atoms with Gasteiger partial charge in [0.1, 0.15) is 17.5 Å². The first-order valence-electron chi connectivity index (χ1n) is 12.4. The molecule has 4 aromatic rings. The van der Waals surface area contributed by atoms with Crippen LogP contribution in [0.25, 0.3) is 16.8 Å². The van der Waals surface area contributed by atoms with Gasteiger partial charge in [0, 0.05) is 39.1 Å². The predicted octanol–water partition coefficient (Wildman–Crippen LogP) is 4.66. The lowest BCUT2D eigenvalue weighted by Crippen LogP contribution is -2.45.